The smallest absolute Gasteiger partial charge is 0.313 e. The van der Waals surface area contributed by atoms with Crippen LogP contribution in [0.3, 0.4) is 0 Å². The molecular formula is C22H28O7. The van der Waals surface area contributed by atoms with Crippen molar-refractivity contribution in [1.82, 2.24) is 0 Å². The highest BCUT2D eigenvalue weighted by molar-refractivity contribution is 5.81. The first kappa shape index (κ1) is 20.2. The maximum absolute atomic E-state index is 13.4. The third-order valence-corrected chi connectivity index (χ3v) is 7.49. The minimum atomic E-state index is -0.991. The molecule has 0 aromatic carbocycles. The standard InChI is InChI=1S/C22H28O7/c1-13-8-19(25)22(12-28-14(2)24)16(10-23)4-3-5-18(22)21(13)9-17(29-20(21)26)15-6-7-27-11-15/h4,6-7,11,13,17-19,23,25H,3,5,8-10,12H2,1-2H3. The summed E-state index contributed by atoms with van der Waals surface area (Å²) < 4.78 is 16.4. The number of hydrogen-bond donors (Lipinski definition) is 2. The lowest BCUT2D eigenvalue weighted by Crippen LogP contribution is -2.62. The number of allylic oxidation sites excluding steroid dienone is 1. The van der Waals surface area contributed by atoms with Gasteiger partial charge in [0.2, 0.25) is 0 Å². The Morgan fingerprint density at radius 1 is 1.41 bits per heavy atom. The van der Waals surface area contributed by atoms with Crippen LogP contribution in [0.5, 0.6) is 0 Å². The van der Waals surface area contributed by atoms with E-state index < -0.39 is 29.0 Å². The first-order valence-electron chi connectivity index (χ1n) is 10.2. The van der Waals surface area contributed by atoms with Gasteiger partial charge in [0.15, 0.2) is 0 Å². The topological polar surface area (TPSA) is 106 Å². The summed E-state index contributed by atoms with van der Waals surface area (Å²) in [7, 11) is 0. The first-order chi connectivity index (χ1) is 13.9. The van der Waals surface area contributed by atoms with Crippen molar-refractivity contribution >= 4 is 11.9 Å². The second-order valence-corrected chi connectivity index (χ2v) is 8.69. The SMILES string of the molecule is CC(=O)OCC12C(CO)=CCCC1C1(CC(c3ccoc3)OC1=O)C(C)CC2O. The molecule has 6 atom stereocenters. The van der Waals surface area contributed by atoms with Crippen molar-refractivity contribution in [2.24, 2.45) is 22.7 Å². The number of rotatable bonds is 4. The fourth-order valence-corrected chi connectivity index (χ4v) is 6.08. The molecule has 2 aliphatic carbocycles. The molecule has 1 aromatic rings. The van der Waals surface area contributed by atoms with E-state index in [1.54, 1.807) is 18.6 Å². The number of ether oxygens (including phenoxy) is 2. The predicted octanol–water partition coefficient (Wildman–Crippen LogP) is 2.53. The fraction of sp³-hybridized carbons (Fsp3) is 0.636. The molecule has 1 aliphatic heterocycles. The van der Waals surface area contributed by atoms with Gasteiger partial charge in [-0.2, -0.15) is 0 Å². The number of fused-ring (bicyclic) bond motifs is 2. The molecule has 1 saturated carbocycles. The Bertz CT molecular complexity index is 813. The van der Waals surface area contributed by atoms with E-state index in [1.807, 2.05) is 13.0 Å². The number of carbonyl (C=O) groups is 2. The van der Waals surface area contributed by atoms with Gasteiger partial charge in [0.05, 0.1) is 36.1 Å². The zero-order chi connectivity index (χ0) is 20.8. The van der Waals surface area contributed by atoms with Gasteiger partial charge in [-0.1, -0.05) is 13.0 Å². The van der Waals surface area contributed by atoms with Gasteiger partial charge in [0.1, 0.15) is 12.7 Å². The maximum atomic E-state index is 13.4. The van der Waals surface area contributed by atoms with E-state index in [4.69, 9.17) is 13.9 Å². The molecule has 1 spiro atoms. The Kier molecular flexibility index (Phi) is 5.07. The lowest BCUT2D eigenvalue weighted by atomic mass is 9.45. The average Bonchev–Trinajstić information content (AvgIpc) is 3.33. The maximum Gasteiger partial charge on any atom is 0.313 e. The number of furan rings is 1. The molecule has 1 saturated heterocycles. The molecule has 158 valence electrons. The normalized spacial score (nSPS) is 39.0. The Morgan fingerprint density at radius 2 is 2.21 bits per heavy atom. The Hall–Kier alpha value is -2.12. The van der Waals surface area contributed by atoms with E-state index in [1.165, 1.54) is 6.92 Å². The fourth-order valence-electron chi connectivity index (χ4n) is 6.08. The molecular weight excluding hydrogens is 376 g/mol. The van der Waals surface area contributed by atoms with Crippen molar-refractivity contribution in [2.75, 3.05) is 13.2 Å². The van der Waals surface area contributed by atoms with Crippen LogP contribution in [0.1, 0.15) is 51.2 Å². The lowest BCUT2D eigenvalue weighted by molar-refractivity contribution is -0.185. The largest absolute Gasteiger partial charge is 0.472 e. The van der Waals surface area contributed by atoms with Crippen molar-refractivity contribution in [3.63, 3.8) is 0 Å². The molecule has 6 unspecified atom stereocenters. The van der Waals surface area contributed by atoms with E-state index in [2.05, 4.69) is 0 Å². The van der Waals surface area contributed by atoms with Gasteiger partial charge in [0, 0.05) is 18.9 Å². The van der Waals surface area contributed by atoms with E-state index in [-0.39, 0.29) is 31.0 Å². The van der Waals surface area contributed by atoms with Crippen LogP contribution >= 0.6 is 0 Å². The highest BCUT2D eigenvalue weighted by Crippen LogP contribution is 2.65. The summed E-state index contributed by atoms with van der Waals surface area (Å²) in [5.74, 6) is -1.15. The van der Waals surface area contributed by atoms with Crippen molar-refractivity contribution < 1.29 is 33.7 Å². The van der Waals surface area contributed by atoms with E-state index in [0.29, 0.717) is 31.3 Å². The molecule has 4 rings (SSSR count). The van der Waals surface area contributed by atoms with Crippen LogP contribution < -0.4 is 0 Å². The minimum absolute atomic E-state index is 0.0569. The van der Waals surface area contributed by atoms with Gasteiger partial charge < -0.3 is 24.1 Å². The van der Waals surface area contributed by atoms with Crippen LogP contribution in [0.25, 0.3) is 0 Å². The van der Waals surface area contributed by atoms with Gasteiger partial charge >= 0.3 is 11.9 Å². The molecule has 2 fully saturated rings. The molecule has 2 heterocycles. The van der Waals surface area contributed by atoms with Crippen molar-refractivity contribution in [2.45, 2.75) is 51.7 Å². The van der Waals surface area contributed by atoms with E-state index in [9.17, 15) is 19.8 Å². The van der Waals surface area contributed by atoms with Gasteiger partial charge in [-0.05, 0) is 42.7 Å². The van der Waals surface area contributed by atoms with Crippen molar-refractivity contribution in [3.05, 3.63) is 35.8 Å². The number of aliphatic hydroxyl groups excluding tert-OH is 2. The van der Waals surface area contributed by atoms with Gasteiger partial charge in [-0.15, -0.1) is 0 Å². The number of aliphatic hydroxyl groups is 2. The first-order valence-corrected chi connectivity index (χ1v) is 10.2. The molecule has 0 radical (unpaired) electrons. The highest BCUT2D eigenvalue weighted by atomic mass is 16.6. The molecule has 29 heavy (non-hydrogen) atoms. The number of esters is 2. The summed E-state index contributed by atoms with van der Waals surface area (Å²) in [5.41, 5.74) is -0.355. The highest BCUT2D eigenvalue weighted by Gasteiger charge is 2.68. The average molecular weight is 404 g/mol. The third-order valence-electron chi connectivity index (χ3n) is 7.49. The summed E-state index contributed by atoms with van der Waals surface area (Å²) in [6.07, 6.45) is 6.01. The van der Waals surface area contributed by atoms with Gasteiger partial charge in [-0.25, -0.2) is 0 Å². The van der Waals surface area contributed by atoms with Crippen LogP contribution in [0, 0.1) is 22.7 Å². The zero-order valence-corrected chi connectivity index (χ0v) is 16.8. The molecule has 1 aromatic heterocycles. The third kappa shape index (κ3) is 2.86. The van der Waals surface area contributed by atoms with Gasteiger partial charge in [0.25, 0.3) is 0 Å². The second-order valence-electron chi connectivity index (χ2n) is 8.69. The van der Waals surface area contributed by atoms with Crippen molar-refractivity contribution in [1.29, 1.82) is 0 Å². The quantitative estimate of drug-likeness (QED) is 0.587. The molecule has 0 amide bonds. The van der Waals surface area contributed by atoms with Crippen LogP contribution in [-0.2, 0) is 19.1 Å². The zero-order valence-electron chi connectivity index (χ0n) is 16.8. The Balaban J connectivity index is 1.80. The van der Waals surface area contributed by atoms with E-state index >= 15 is 0 Å². The van der Waals surface area contributed by atoms with Crippen LogP contribution in [0.2, 0.25) is 0 Å². The monoisotopic (exact) mass is 404 g/mol. The molecule has 7 nitrogen and oxygen atoms in total. The molecule has 7 heteroatoms. The summed E-state index contributed by atoms with van der Waals surface area (Å²) in [6, 6.07) is 1.80. The van der Waals surface area contributed by atoms with Crippen LogP contribution in [0.4, 0.5) is 0 Å². The summed E-state index contributed by atoms with van der Waals surface area (Å²) in [6.45, 7) is 3.00. The summed E-state index contributed by atoms with van der Waals surface area (Å²) in [4.78, 5) is 25.0. The lowest BCUT2D eigenvalue weighted by Gasteiger charge is -2.58. The van der Waals surface area contributed by atoms with Crippen LogP contribution in [0.15, 0.2) is 34.7 Å². The molecule has 3 aliphatic rings. The molecule has 2 N–H and O–H groups in total. The van der Waals surface area contributed by atoms with Gasteiger partial charge in [-0.3, -0.25) is 9.59 Å². The summed E-state index contributed by atoms with van der Waals surface area (Å²) in [5, 5.41) is 21.3. The Morgan fingerprint density at radius 3 is 2.86 bits per heavy atom. The second kappa shape index (κ2) is 7.29. The van der Waals surface area contributed by atoms with E-state index in [0.717, 1.165) is 5.56 Å². The van der Waals surface area contributed by atoms with Crippen LogP contribution in [-0.4, -0.2) is 41.5 Å². The minimum Gasteiger partial charge on any atom is -0.472 e. The number of carbonyl (C=O) groups excluding carboxylic acids is 2. The summed E-state index contributed by atoms with van der Waals surface area (Å²) >= 11 is 0. The Labute approximate surface area is 169 Å². The predicted molar refractivity (Wildman–Crippen MR) is 101 cm³/mol. The molecule has 0 bridgehead atoms. The van der Waals surface area contributed by atoms with Crippen molar-refractivity contribution in [3.8, 4) is 0 Å². The number of cyclic esters (lactones) is 1. The number of hydrogen-bond acceptors (Lipinski definition) is 7.